The highest BCUT2D eigenvalue weighted by Gasteiger charge is 2.14. The molecule has 4 rings (SSSR count). The molecule has 0 saturated carbocycles. The van der Waals surface area contributed by atoms with Crippen LogP contribution in [0.4, 0.5) is 0 Å². The number of ether oxygens (including phenoxy) is 2. The Bertz CT molecular complexity index is 1020. The van der Waals surface area contributed by atoms with Crippen molar-refractivity contribution >= 4 is 23.9 Å². The minimum Gasteiger partial charge on any atom is -0.486 e. The summed E-state index contributed by atoms with van der Waals surface area (Å²) >= 11 is 1.85. The molecule has 3 aromatic rings. The summed E-state index contributed by atoms with van der Waals surface area (Å²) in [6, 6.07) is 23.6. The van der Waals surface area contributed by atoms with E-state index in [4.69, 9.17) is 9.47 Å². The normalized spacial score (nSPS) is 12.7. The van der Waals surface area contributed by atoms with Crippen LogP contribution in [0.1, 0.15) is 27.0 Å². The zero-order chi connectivity index (χ0) is 20.6. The Hall–Kier alpha value is -3.25. The van der Waals surface area contributed by atoms with Gasteiger partial charge in [-0.15, -0.1) is 0 Å². The summed E-state index contributed by atoms with van der Waals surface area (Å²) in [5.41, 5.74) is 6.40. The van der Waals surface area contributed by atoms with Crippen molar-refractivity contribution in [2.24, 2.45) is 5.10 Å². The Morgan fingerprint density at radius 2 is 1.63 bits per heavy atom. The number of rotatable bonds is 7. The number of hydrazone groups is 1. The minimum atomic E-state index is -0.253. The van der Waals surface area contributed by atoms with Gasteiger partial charge in [-0.3, -0.25) is 4.79 Å². The van der Waals surface area contributed by atoms with Crippen molar-refractivity contribution in [2.75, 3.05) is 13.2 Å². The number of thioether (sulfide) groups is 1. The number of hydrogen-bond acceptors (Lipinski definition) is 5. The Labute approximate surface area is 180 Å². The van der Waals surface area contributed by atoms with E-state index in [-0.39, 0.29) is 5.91 Å². The van der Waals surface area contributed by atoms with Gasteiger partial charge in [-0.25, -0.2) is 5.43 Å². The lowest BCUT2D eigenvalue weighted by atomic mass is 10.1. The van der Waals surface area contributed by atoms with E-state index < -0.39 is 0 Å². The van der Waals surface area contributed by atoms with Gasteiger partial charge in [-0.05, 0) is 35.4 Å². The predicted octanol–water partition coefficient (Wildman–Crippen LogP) is 4.66. The molecule has 0 fully saturated rings. The Kier molecular flexibility index (Phi) is 6.67. The summed E-state index contributed by atoms with van der Waals surface area (Å²) in [5.74, 6) is 2.96. The van der Waals surface area contributed by atoms with Crippen LogP contribution in [0.3, 0.4) is 0 Å². The molecule has 5 nitrogen and oxygen atoms in total. The van der Waals surface area contributed by atoms with Gasteiger partial charge in [0.1, 0.15) is 13.2 Å². The quantitative estimate of drug-likeness (QED) is 0.448. The fourth-order valence-electron chi connectivity index (χ4n) is 3.04. The molecule has 0 radical (unpaired) electrons. The second kappa shape index (κ2) is 9.98. The van der Waals surface area contributed by atoms with E-state index in [1.54, 1.807) is 6.21 Å². The highest BCUT2D eigenvalue weighted by molar-refractivity contribution is 7.97. The maximum absolute atomic E-state index is 12.3. The van der Waals surface area contributed by atoms with Gasteiger partial charge in [0.15, 0.2) is 11.5 Å². The van der Waals surface area contributed by atoms with Gasteiger partial charge in [-0.1, -0.05) is 48.5 Å². The molecule has 0 bridgehead atoms. The SMILES string of the molecule is O=C(N/N=C/c1cccc2c1OCCO2)c1ccc(CSCc2ccccc2)cc1. The van der Waals surface area contributed by atoms with E-state index in [9.17, 15) is 4.79 Å². The van der Waals surface area contributed by atoms with Gasteiger partial charge >= 0.3 is 0 Å². The van der Waals surface area contributed by atoms with Crippen molar-refractivity contribution in [2.45, 2.75) is 11.5 Å². The maximum atomic E-state index is 12.3. The number of nitrogens with zero attached hydrogens (tertiary/aromatic N) is 1. The van der Waals surface area contributed by atoms with Crippen molar-refractivity contribution < 1.29 is 14.3 Å². The number of amides is 1. The van der Waals surface area contributed by atoms with Gasteiger partial charge in [-0.2, -0.15) is 16.9 Å². The summed E-state index contributed by atoms with van der Waals surface area (Å²) in [6.07, 6.45) is 1.57. The fraction of sp³-hybridized carbons (Fsp3) is 0.167. The molecule has 1 N–H and O–H groups in total. The number of para-hydroxylation sites is 1. The van der Waals surface area contributed by atoms with Crippen molar-refractivity contribution in [3.05, 3.63) is 95.1 Å². The molecule has 0 aromatic heterocycles. The van der Waals surface area contributed by atoms with Gasteiger partial charge < -0.3 is 9.47 Å². The number of benzene rings is 3. The molecule has 152 valence electrons. The van der Waals surface area contributed by atoms with Gasteiger partial charge in [0, 0.05) is 22.6 Å². The first-order chi connectivity index (χ1) is 14.8. The summed E-state index contributed by atoms with van der Waals surface area (Å²) in [4.78, 5) is 12.3. The summed E-state index contributed by atoms with van der Waals surface area (Å²) in [6.45, 7) is 1.03. The Balaban J connectivity index is 1.29. The molecule has 3 aromatic carbocycles. The van der Waals surface area contributed by atoms with Crippen LogP contribution in [-0.4, -0.2) is 25.3 Å². The highest BCUT2D eigenvalue weighted by Crippen LogP contribution is 2.32. The molecule has 0 spiro atoms. The molecular weight excluding hydrogens is 396 g/mol. The molecule has 6 heteroatoms. The van der Waals surface area contributed by atoms with Crippen LogP contribution >= 0.6 is 11.8 Å². The monoisotopic (exact) mass is 418 g/mol. The smallest absolute Gasteiger partial charge is 0.271 e. The standard InChI is InChI=1S/C24H22N2O3S/c27-24(26-25-15-21-7-4-8-22-23(21)29-14-13-28-22)20-11-9-19(10-12-20)17-30-16-18-5-2-1-3-6-18/h1-12,15H,13-14,16-17H2,(H,26,27)/b25-15+. The van der Waals surface area contributed by atoms with Crippen molar-refractivity contribution in [1.82, 2.24) is 5.43 Å². The number of fused-ring (bicyclic) bond motifs is 1. The average molecular weight is 419 g/mol. The first-order valence-corrected chi connectivity index (χ1v) is 10.9. The lowest BCUT2D eigenvalue weighted by Gasteiger charge is -2.19. The van der Waals surface area contributed by atoms with Gasteiger partial charge in [0.05, 0.1) is 6.21 Å². The van der Waals surface area contributed by atoms with Crippen LogP contribution in [0.25, 0.3) is 0 Å². The van der Waals surface area contributed by atoms with Crippen LogP contribution in [0.2, 0.25) is 0 Å². The van der Waals surface area contributed by atoms with Crippen LogP contribution in [0.15, 0.2) is 77.9 Å². The van der Waals surface area contributed by atoms with E-state index >= 15 is 0 Å². The van der Waals surface area contributed by atoms with E-state index in [1.165, 1.54) is 11.1 Å². The third-order valence-corrected chi connectivity index (χ3v) is 5.64. The molecule has 0 unspecified atom stereocenters. The second-order valence-corrected chi connectivity index (χ2v) is 7.73. The molecular formula is C24H22N2O3S. The summed E-state index contributed by atoms with van der Waals surface area (Å²) in [5, 5.41) is 4.07. The third kappa shape index (κ3) is 5.21. The van der Waals surface area contributed by atoms with Crippen LogP contribution in [0.5, 0.6) is 11.5 Å². The molecule has 1 heterocycles. The average Bonchev–Trinajstić information content (AvgIpc) is 2.80. The molecule has 0 atom stereocenters. The van der Waals surface area contributed by atoms with E-state index in [1.807, 2.05) is 60.3 Å². The summed E-state index contributed by atoms with van der Waals surface area (Å²) < 4.78 is 11.2. The second-order valence-electron chi connectivity index (χ2n) is 6.75. The summed E-state index contributed by atoms with van der Waals surface area (Å²) in [7, 11) is 0. The van der Waals surface area contributed by atoms with Crippen molar-refractivity contribution in [3.8, 4) is 11.5 Å². The van der Waals surface area contributed by atoms with E-state index in [2.05, 4.69) is 34.8 Å². The van der Waals surface area contributed by atoms with E-state index in [0.717, 1.165) is 17.1 Å². The predicted molar refractivity (Wildman–Crippen MR) is 120 cm³/mol. The highest BCUT2D eigenvalue weighted by atomic mass is 32.2. The molecule has 0 aliphatic carbocycles. The molecule has 0 saturated heterocycles. The lowest BCUT2D eigenvalue weighted by Crippen LogP contribution is -2.18. The zero-order valence-corrected chi connectivity index (χ0v) is 17.2. The molecule has 1 aliphatic heterocycles. The lowest BCUT2D eigenvalue weighted by molar-refractivity contribution is 0.0955. The fourth-order valence-corrected chi connectivity index (χ4v) is 3.99. The number of hydrogen-bond donors (Lipinski definition) is 1. The largest absolute Gasteiger partial charge is 0.486 e. The van der Waals surface area contributed by atoms with Gasteiger partial charge in [0.25, 0.3) is 5.91 Å². The van der Waals surface area contributed by atoms with E-state index in [0.29, 0.717) is 30.3 Å². The molecule has 30 heavy (non-hydrogen) atoms. The maximum Gasteiger partial charge on any atom is 0.271 e. The van der Waals surface area contributed by atoms with Crippen molar-refractivity contribution in [1.29, 1.82) is 0 Å². The molecule has 1 aliphatic rings. The minimum absolute atomic E-state index is 0.253. The Morgan fingerprint density at radius 1 is 0.900 bits per heavy atom. The Morgan fingerprint density at radius 3 is 2.43 bits per heavy atom. The molecule has 1 amide bonds. The van der Waals surface area contributed by atoms with Crippen molar-refractivity contribution in [3.63, 3.8) is 0 Å². The topological polar surface area (TPSA) is 59.9 Å². The number of carbonyl (C=O) groups is 1. The van der Waals surface area contributed by atoms with Crippen LogP contribution < -0.4 is 14.9 Å². The first kappa shape index (κ1) is 20.0. The third-order valence-electron chi connectivity index (χ3n) is 4.56. The first-order valence-electron chi connectivity index (χ1n) is 9.72. The van der Waals surface area contributed by atoms with Crippen LogP contribution in [0, 0.1) is 0 Å². The van der Waals surface area contributed by atoms with Crippen LogP contribution in [-0.2, 0) is 11.5 Å². The zero-order valence-electron chi connectivity index (χ0n) is 16.4. The number of carbonyl (C=O) groups excluding carboxylic acids is 1. The number of nitrogens with one attached hydrogen (secondary N) is 1. The van der Waals surface area contributed by atoms with Gasteiger partial charge in [0.2, 0.25) is 0 Å².